The van der Waals surface area contributed by atoms with Crippen LogP contribution in [0.15, 0.2) is 18.2 Å². The van der Waals surface area contributed by atoms with Crippen molar-refractivity contribution in [2.24, 2.45) is 0 Å². The second-order valence-electron chi connectivity index (χ2n) is 4.07. The van der Waals surface area contributed by atoms with Crippen molar-refractivity contribution >= 4 is 11.7 Å². The molecule has 0 aromatic heterocycles. The van der Waals surface area contributed by atoms with E-state index in [9.17, 15) is 18.0 Å². The Morgan fingerprint density at radius 3 is 2.44 bits per heavy atom. The Balaban J connectivity index is 2.12. The molecule has 6 heteroatoms. The first kappa shape index (κ1) is 12.7. The average molecular weight is 256 g/mol. The lowest BCUT2D eigenvalue weighted by atomic mass is 10.1. The molecule has 0 unspecified atom stereocenters. The van der Waals surface area contributed by atoms with Crippen molar-refractivity contribution in [1.29, 1.82) is 0 Å². The number of likely N-dealkylation sites (tertiary alicyclic amines) is 1. The number of rotatable bonds is 1. The molecule has 0 saturated carbocycles. The lowest BCUT2D eigenvalue weighted by Gasteiger charge is -2.31. The molecule has 1 aliphatic rings. The Kier molecular flexibility index (Phi) is 3.19. The van der Waals surface area contributed by atoms with E-state index < -0.39 is 11.7 Å². The molecular formula is C12H11F3N2O. The van der Waals surface area contributed by atoms with E-state index in [4.69, 9.17) is 6.92 Å². The van der Waals surface area contributed by atoms with Crippen LogP contribution in [-0.4, -0.2) is 24.0 Å². The van der Waals surface area contributed by atoms with Crippen molar-refractivity contribution in [3.05, 3.63) is 36.2 Å². The number of hydrogen-bond acceptors (Lipinski definition) is 1. The lowest BCUT2D eigenvalue weighted by molar-refractivity contribution is -0.137. The number of carbonyl (C=O) groups is 1. The van der Waals surface area contributed by atoms with Crippen LogP contribution in [0.25, 0.3) is 0 Å². The van der Waals surface area contributed by atoms with Crippen LogP contribution < -0.4 is 5.32 Å². The first-order valence-corrected chi connectivity index (χ1v) is 5.40. The molecule has 0 bridgehead atoms. The second-order valence-corrected chi connectivity index (χ2v) is 4.07. The smallest absolute Gasteiger partial charge is 0.324 e. The normalized spacial score (nSPS) is 15.2. The Hall–Kier alpha value is -1.72. The zero-order chi connectivity index (χ0) is 13.3. The van der Waals surface area contributed by atoms with Gasteiger partial charge in [-0.25, -0.2) is 4.79 Å². The highest BCUT2D eigenvalue weighted by Crippen LogP contribution is 2.31. The maximum absolute atomic E-state index is 12.4. The zero-order valence-corrected chi connectivity index (χ0v) is 9.42. The maximum Gasteiger partial charge on any atom is 0.416 e. The van der Waals surface area contributed by atoms with Crippen LogP contribution in [0.2, 0.25) is 0 Å². The fraction of sp³-hybridized carbons (Fsp3) is 0.333. The van der Waals surface area contributed by atoms with Crippen LogP contribution in [-0.2, 0) is 6.18 Å². The number of anilines is 1. The maximum atomic E-state index is 12.4. The molecule has 18 heavy (non-hydrogen) atoms. The van der Waals surface area contributed by atoms with Gasteiger partial charge in [0.2, 0.25) is 0 Å². The number of urea groups is 1. The summed E-state index contributed by atoms with van der Waals surface area (Å²) < 4.78 is 37.2. The summed E-state index contributed by atoms with van der Waals surface area (Å²) >= 11 is 0. The molecule has 0 aliphatic carbocycles. The number of alkyl halides is 3. The molecule has 1 fully saturated rings. The van der Waals surface area contributed by atoms with E-state index in [1.54, 1.807) is 4.90 Å². The number of benzene rings is 1. The predicted octanol–water partition coefficient (Wildman–Crippen LogP) is 3.00. The Bertz CT molecular complexity index is 467. The van der Waals surface area contributed by atoms with Gasteiger partial charge in [-0.2, -0.15) is 13.2 Å². The van der Waals surface area contributed by atoms with E-state index in [1.807, 2.05) is 0 Å². The SMILES string of the molecule is [CH]c1cc(C(F)(F)F)ccc1NC(=O)N1CCC1. The van der Waals surface area contributed by atoms with Gasteiger partial charge in [-0.05, 0) is 30.2 Å². The minimum absolute atomic E-state index is 0.0984. The molecular weight excluding hydrogens is 245 g/mol. The minimum Gasteiger partial charge on any atom is -0.324 e. The molecule has 2 rings (SSSR count). The fourth-order valence-corrected chi connectivity index (χ4v) is 1.57. The quantitative estimate of drug-likeness (QED) is 0.823. The van der Waals surface area contributed by atoms with Crippen LogP contribution in [0, 0.1) is 6.92 Å². The van der Waals surface area contributed by atoms with E-state index >= 15 is 0 Å². The third-order valence-electron chi connectivity index (χ3n) is 2.76. The van der Waals surface area contributed by atoms with Crippen molar-refractivity contribution in [3.8, 4) is 0 Å². The molecule has 0 atom stereocenters. The van der Waals surface area contributed by atoms with Crippen molar-refractivity contribution in [2.75, 3.05) is 18.4 Å². The van der Waals surface area contributed by atoms with Gasteiger partial charge < -0.3 is 10.2 Å². The van der Waals surface area contributed by atoms with Gasteiger partial charge in [-0.15, -0.1) is 0 Å². The van der Waals surface area contributed by atoms with Gasteiger partial charge >= 0.3 is 12.2 Å². The molecule has 3 nitrogen and oxygen atoms in total. The lowest BCUT2D eigenvalue weighted by Crippen LogP contribution is -2.44. The molecule has 1 N–H and O–H groups in total. The van der Waals surface area contributed by atoms with Crippen LogP contribution in [0.4, 0.5) is 23.7 Å². The summed E-state index contributed by atoms with van der Waals surface area (Å²) in [6.07, 6.45) is -3.50. The molecule has 2 radical (unpaired) electrons. The summed E-state index contributed by atoms with van der Waals surface area (Å²) in [4.78, 5) is 13.1. The predicted molar refractivity (Wildman–Crippen MR) is 60.1 cm³/mol. The number of carbonyl (C=O) groups excluding carboxylic acids is 1. The largest absolute Gasteiger partial charge is 0.416 e. The van der Waals surface area contributed by atoms with Crippen LogP contribution in [0.3, 0.4) is 0 Å². The van der Waals surface area contributed by atoms with Gasteiger partial charge in [0.05, 0.1) is 5.56 Å². The topological polar surface area (TPSA) is 32.3 Å². The van der Waals surface area contributed by atoms with E-state index in [0.717, 1.165) is 24.6 Å². The molecule has 1 aliphatic heterocycles. The fourth-order valence-electron chi connectivity index (χ4n) is 1.57. The molecule has 1 aromatic carbocycles. The van der Waals surface area contributed by atoms with Crippen molar-refractivity contribution in [1.82, 2.24) is 4.90 Å². The molecule has 1 saturated heterocycles. The Morgan fingerprint density at radius 1 is 1.33 bits per heavy atom. The van der Waals surface area contributed by atoms with E-state index in [0.29, 0.717) is 13.1 Å². The first-order valence-electron chi connectivity index (χ1n) is 5.40. The highest BCUT2D eigenvalue weighted by molar-refractivity contribution is 5.90. The van der Waals surface area contributed by atoms with Crippen LogP contribution in [0.5, 0.6) is 0 Å². The first-order chi connectivity index (χ1) is 8.38. The third kappa shape index (κ3) is 2.57. The summed E-state index contributed by atoms with van der Waals surface area (Å²) in [5, 5.41) is 2.49. The van der Waals surface area contributed by atoms with Gasteiger partial charge in [0.1, 0.15) is 0 Å². The van der Waals surface area contributed by atoms with Crippen LogP contribution >= 0.6 is 0 Å². The second kappa shape index (κ2) is 4.51. The standard InChI is InChI=1S/C12H11F3N2O/c1-8-7-9(12(13,14)15)3-4-10(8)16-11(18)17-5-2-6-17/h1,3-4,7H,2,5-6H2,(H,16,18). The van der Waals surface area contributed by atoms with E-state index in [1.165, 1.54) is 0 Å². The summed E-state index contributed by atoms with van der Waals surface area (Å²) in [6.45, 7) is 6.81. The van der Waals surface area contributed by atoms with Gasteiger partial charge in [0.15, 0.2) is 0 Å². The minimum atomic E-state index is -4.44. The van der Waals surface area contributed by atoms with Gasteiger partial charge in [0.25, 0.3) is 0 Å². The van der Waals surface area contributed by atoms with Gasteiger partial charge in [-0.1, -0.05) is 0 Å². The molecule has 1 heterocycles. The highest BCUT2D eigenvalue weighted by atomic mass is 19.4. The van der Waals surface area contributed by atoms with Crippen molar-refractivity contribution in [2.45, 2.75) is 12.6 Å². The van der Waals surface area contributed by atoms with Crippen molar-refractivity contribution < 1.29 is 18.0 Å². The van der Waals surface area contributed by atoms with E-state index in [-0.39, 0.29) is 17.3 Å². The molecule has 1 aromatic rings. The zero-order valence-electron chi connectivity index (χ0n) is 9.42. The highest BCUT2D eigenvalue weighted by Gasteiger charge is 2.30. The summed E-state index contributed by atoms with van der Waals surface area (Å²) in [5.41, 5.74) is -0.736. The summed E-state index contributed by atoms with van der Waals surface area (Å²) in [7, 11) is 0. The Morgan fingerprint density at radius 2 is 2.00 bits per heavy atom. The summed E-state index contributed by atoms with van der Waals surface area (Å²) in [6, 6.07) is 2.52. The van der Waals surface area contributed by atoms with E-state index in [2.05, 4.69) is 5.32 Å². The van der Waals surface area contributed by atoms with Gasteiger partial charge in [-0.3, -0.25) is 0 Å². The number of nitrogens with one attached hydrogen (secondary N) is 1. The average Bonchev–Trinajstić information content (AvgIpc) is 2.16. The number of amides is 2. The molecule has 2 amide bonds. The van der Waals surface area contributed by atoms with Crippen molar-refractivity contribution in [3.63, 3.8) is 0 Å². The number of halogens is 3. The Labute approximate surface area is 103 Å². The third-order valence-corrected chi connectivity index (χ3v) is 2.76. The summed E-state index contributed by atoms with van der Waals surface area (Å²) in [5.74, 6) is 0. The number of hydrogen-bond donors (Lipinski definition) is 1. The van der Waals surface area contributed by atoms with Gasteiger partial charge in [0, 0.05) is 25.7 Å². The molecule has 96 valence electrons. The van der Waals surface area contributed by atoms with Crippen LogP contribution in [0.1, 0.15) is 17.5 Å². The monoisotopic (exact) mass is 256 g/mol. The number of nitrogens with zero attached hydrogens (tertiary/aromatic N) is 1. The molecule has 0 spiro atoms.